The molecule has 0 saturated carbocycles. The van der Waals surface area contributed by atoms with Crippen LogP contribution >= 0.6 is 11.6 Å². The minimum atomic E-state index is -0.365. The number of halogens is 1. The summed E-state index contributed by atoms with van der Waals surface area (Å²) in [6.45, 7) is 1.37. The van der Waals surface area contributed by atoms with Crippen LogP contribution < -0.4 is 5.32 Å². The third kappa shape index (κ3) is 3.20. The summed E-state index contributed by atoms with van der Waals surface area (Å²) in [6.07, 6.45) is 4.77. The number of amides is 1. The van der Waals surface area contributed by atoms with Gasteiger partial charge >= 0.3 is 0 Å². The number of carbonyl (C=O) groups excluding carboxylic acids is 2. The summed E-state index contributed by atoms with van der Waals surface area (Å²) < 4.78 is 1.70. The average Bonchev–Trinajstić information content (AvgIpc) is 2.81. The third-order valence-corrected chi connectivity index (χ3v) is 2.74. The van der Waals surface area contributed by atoms with E-state index in [0.29, 0.717) is 16.4 Å². The molecule has 0 unspecified atom stereocenters. The van der Waals surface area contributed by atoms with Crippen LogP contribution in [0.4, 0.5) is 5.69 Å². The molecule has 2 aromatic rings. The van der Waals surface area contributed by atoms with Crippen LogP contribution in [-0.4, -0.2) is 21.2 Å². The number of hydrogen-bond acceptors (Lipinski definition) is 3. The molecule has 2 rings (SSSR count). The topological polar surface area (TPSA) is 64.0 Å². The number of benzene rings is 1. The average molecular weight is 278 g/mol. The van der Waals surface area contributed by atoms with E-state index in [0.717, 1.165) is 0 Å². The first kappa shape index (κ1) is 13.3. The monoisotopic (exact) mass is 277 g/mol. The maximum Gasteiger partial charge on any atom is 0.231 e. The van der Waals surface area contributed by atoms with Crippen molar-refractivity contribution in [1.82, 2.24) is 9.55 Å². The van der Waals surface area contributed by atoms with E-state index in [1.165, 1.54) is 6.92 Å². The number of imidazole rings is 1. The van der Waals surface area contributed by atoms with Gasteiger partial charge in [-0.05, 0) is 19.1 Å². The molecule has 1 N–H and O–H groups in total. The third-order valence-electron chi connectivity index (χ3n) is 2.43. The van der Waals surface area contributed by atoms with Crippen LogP contribution in [0.3, 0.4) is 0 Å². The summed E-state index contributed by atoms with van der Waals surface area (Å²) >= 11 is 6.14. The molecule has 1 aromatic carbocycles. The quantitative estimate of drug-likeness (QED) is 0.873. The van der Waals surface area contributed by atoms with Gasteiger partial charge < -0.3 is 9.88 Å². The highest BCUT2D eigenvalue weighted by Crippen LogP contribution is 2.28. The molecule has 6 heteroatoms. The van der Waals surface area contributed by atoms with Crippen molar-refractivity contribution in [2.45, 2.75) is 13.3 Å². The second-order valence-corrected chi connectivity index (χ2v) is 4.44. The Labute approximate surface area is 115 Å². The second kappa shape index (κ2) is 5.67. The molecule has 0 aliphatic rings. The zero-order chi connectivity index (χ0) is 13.8. The van der Waals surface area contributed by atoms with Crippen LogP contribution in [0.1, 0.15) is 13.3 Å². The van der Waals surface area contributed by atoms with E-state index < -0.39 is 0 Å². The number of carbonyl (C=O) groups is 2. The Morgan fingerprint density at radius 3 is 2.84 bits per heavy atom. The first-order chi connectivity index (χ1) is 9.08. The minimum absolute atomic E-state index is 0.157. The van der Waals surface area contributed by atoms with Gasteiger partial charge in [0.05, 0.1) is 29.1 Å². The van der Waals surface area contributed by atoms with Crippen molar-refractivity contribution in [3.05, 3.63) is 41.9 Å². The lowest BCUT2D eigenvalue weighted by atomic mass is 10.2. The predicted octanol–water partition coefficient (Wildman–Crippen LogP) is 2.44. The molecule has 19 heavy (non-hydrogen) atoms. The van der Waals surface area contributed by atoms with Crippen LogP contribution in [0.5, 0.6) is 0 Å². The van der Waals surface area contributed by atoms with Crippen molar-refractivity contribution in [2.75, 3.05) is 5.32 Å². The lowest BCUT2D eigenvalue weighted by Gasteiger charge is -2.12. The molecular formula is C13H12ClN3O2. The van der Waals surface area contributed by atoms with E-state index >= 15 is 0 Å². The van der Waals surface area contributed by atoms with Gasteiger partial charge in [-0.3, -0.25) is 9.59 Å². The van der Waals surface area contributed by atoms with Crippen molar-refractivity contribution in [3.8, 4) is 5.69 Å². The molecule has 1 heterocycles. The predicted molar refractivity (Wildman–Crippen MR) is 72.5 cm³/mol. The van der Waals surface area contributed by atoms with E-state index in [4.69, 9.17) is 11.6 Å². The molecule has 1 aromatic heterocycles. The molecule has 0 saturated heterocycles. The van der Waals surface area contributed by atoms with Crippen molar-refractivity contribution in [1.29, 1.82) is 0 Å². The van der Waals surface area contributed by atoms with E-state index in [-0.39, 0.29) is 18.1 Å². The molecular weight excluding hydrogens is 266 g/mol. The molecule has 0 aliphatic heterocycles. The van der Waals surface area contributed by atoms with Gasteiger partial charge in [-0.15, -0.1) is 0 Å². The summed E-state index contributed by atoms with van der Waals surface area (Å²) in [7, 11) is 0. The number of nitrogens with one attached hydrogen (secondary N) is 1. The van der Waals surface area contributed by atoms with Gasteiger partial charge in [-0.2, -0.15) is 0 Å². The van der Waals surface area contributed by atoms with Crippen molar-refractivity contribution >= 4 is 29.0 Å². The van der Waals surface area contributed by atoms with Gasteiger partial charge in [0.15, 0.2) is 0 Å². The van der Waals surface area contributed by atoms with E-state index in [9.17, 15) is 9.59 Å². The molecule has 0 spiro atoms. The standard InChI is InChI=1S/C13H12ClN3O2/c1-9(18)7-12(19)16-11-4-2-3-10(14)13(11)17-6-5-15-8-17/h2-6,8H,7H2,1H3,(H,16,19). The highest BCUT2D eigenvalue weighted by Gasteiger charge is 2.12. The van der Waals surface area contributed by atoms with Crippen molar-refractivity contribution in [3.63, 3.8) is 0 Å². The molecule has 0 radical (unpaired) electrons. The van der Waals surface area contributed by atoms with Gasteiger partial charge in [0.1, 0.15) is 5.78 Å². The first-order valence-electron chi connectivity index (χ1n) is 5.64. The Bertz CT molecular complexity index is 608. The first-order valence-corrected chi connectivity index (χ1v) is 6.02. The fraction of sp³-hybridized carbons (Fsp3) is 0.154. The fourth-order valence-corrected chi connectivity index (χ4v) is 1.96. The van der Waals surface area contributed by atoms with Gasteiger partial charge in [0.2, 0.25) is 5.91 Å². The molecule has 0 fully saturated rings. The highest BCUT2D eigenvalue weighted by molar-refractivity contribution is 6.33. The Kier molecular flexibility index (Phi) is 3.97. The number of aromatic nitrogens is 2. The lowest BCUT2D eigenvalue weighted by molar-refractivity contribution is -0.124. The zero-order valence-electron chi connectivity index (χ0n) is 10.3. The second-order valence-electron chi connectivity index (χ2n) is 4.03. The molecule has 1 amide bonds. The fourth-order valence-electron chi connectivity index (χ4n) is 1.69. The van der Waals surface area contributed by atoms with Gasteiger partial charge in [-0.1, -0.05) is 17.7 Å². The largest absolute Gasteiger partial charge is 0.324 e. The molecule has 0 aliphatic carbocycles. The summed E-state index contributed by atoms with van der Waals surface area (Å²) in [6, 6.07) is 5.17. The lowest BCUT2D eigenvalue weighted by Crippen LogP contribution is -2.16. The summed E-state index contributed by atoms with van der Waals surface area (Å²) in [5, 5.41) is 3.16. The highest BCUT2D eigenvalue weighted by atomic mass is 35.5. The number of nitrogens with zero attached hydrogens (tertiary/aromatic N) is 2. The molecule has 0 bridgehead atoms. The normalized spacial score (nSPS) is 10.2. The Morgan fingerprint density at radius 2 is 2.21 bits per heavy atom. The van der Waals surface area contributed by atoms with Crippen LogP contribution in [-0.2, 0) is 9.59 Å². The SMILES string of the molecule is CC(=O)CC(=O)Nc1cccc(Cl)c1-n1ccnc1. The summed E-state index contributed by atoms with van der Waals surface area (Å²) in [5.41, 5.74) is 1.16. The van der Waals surface area contributed by atoms with Crippen LogP contribution in [0, 0.1) is 0 Å². The molecule has 5 nitrogen and oxygen atoms in total. The molecule has 98 valence electrons. The number of para-hydroxylation sites is 1. The van der Waals surface area contributed by atoms with Crippen molar-refractivity contribution in [2.24, 2.45) is 0 Å². The van der Waals surface area contributed by atoms with Gasteiger partial charge in [0.25, 0.3) is 0 Å². The van der Waals surface area contributed by atoms with Crippen LogP contribution in [0.15, 0.2) is 36.9 Å². The Hall–Kier alpha value is -2.14. The number of anilines is 1. The van der Waals surface area contributed by atoms with E-state index in [1.807, 2.05) is 0 Å². The number of ketones is 1. The van der Waals surface area contributed by atoms with Crippen LogP contribution in [0.25, 0.3) is 5.69 Å². The van der Waals surface area contributed by atoms with Gasteiger partial charge in [-0.25, -0.2) is 4.98 Å². The number of Topliss-reactive ketones (excluding diaryl/α,β-unsaturated/α-hetero) is 1. The molecule has 0 atom stereocenters. The zero-order valence-corrected chi connectivity index (χ0v) is 11.0. The van der Waals surface area contributed by atoms with Crippen LogP contribution in [0.2, 0.25) is 5.02 Å². The smallest absolute Gasteiger partial charge is 0.231 e. The van der Waals surface area contributed by atoms with Crippen molar-refractivity contribution < 1.29 is 9.59 Å². The maximum absolute atomic E-state index is 11.7. The Morgan fingerprint density at radius 1 is 1.42 bits per heavy atom. The number of hydrogen-bond donors (Lipinski definition) is 1. The summed E-state index contributed by atoms with van der Waals surface area (Å²) in [5.74, 6) is -0.556. The van der Waals surface area contributed by atoms with E-state index in [1.54, 1.807) is 41.5 Å². The summed E-state index contributed by atoms with van der Waals surface area (Å²) in [4.78, 5) is 26.5. The number of rotatable bonds is 4. The Balaban J connectivity index is 2.33. The van der Waals surface area contributed by atoms with Gasteiger partial charge in [0, 0.05) is 12.4 Å². The minimum Gasteiger partial charge on any atom is -0.324 e. The van der Waals surface area contributed by atoms with E-state index in [2.05, 4.69) is 10.3 Å². The maximum atomic E-state index is 11.7.